The van der Waals surface area contributed by atoms with Crippen LogP contribution in [0.5, 0.6) is 5.75 Å². The topological polar surface area (TPSA) is 91.9 Å². The molecule has 4 aromatic heterocycles. The van der Waals surface area contributed by atoms with Gasteiger partial charge in [-0.25, -0.2) is 9.37 Å². The molecule has 0 N–H and O–H groups in total. The average molecular weight is 524 g/mol. The number of nitrogens with zero attached hydrogens (tertiary/aromatic N) is 5. The lowest BCUT2D eigenvalue weighted by Crippen LogP contribution is -2.31. The number of rotatable bonds is 5. The summed E-state index contributed by atoms with van der Waals surface area (Å²) in [6, 6.07) is 4.62. The van der Waals surface area contributed by atoms with Crippen molar-refractivity contribution in [2.24, 2.45) is 0 Å². The van der Waals surface area contributed by atoms with E-state index in [-0.39, 0.29) is 28.6 Å². The summed E-state index contributed by atoms with van der Waals surface area (Å²) in [5.41, 5.74) is 1.66. The zero-order valence-corrected chi connectivity index (χ0v) is 22.2. The van der Waals surface area contributed by atoms with Crippen molar-refractivity contribution in [3.8, 4) is 17.3 Å². The Morgan fingerprint density at radius 2 is 1.73 bits per heavy atom. The van der Waals surface area contributed by atoms with Crippen LogP contribution in [0.3, 0.4) is 0 Å². The molecule has 8 nitrogen and oxygen atoms in total. The van der Waals surface area contributed by atoms with Gasteiger partial charge >= 0.3 is 0 Å². The summed E-state index contributed by atoms with van der Waals surface area (Å²) in [7, 11) is 0. The molecule has 0 aliphatic rings. The van der Waals surface area contributed by atoms with Gasteiger partial charge in [-0.3, -0.25) is 28.7 Å². The number of pyridine rings is 3. The van der Waals surface area contributed by atoms with Crippen LogP contribution in [0.25, 0.3) is 11.5 Å². The van der Waals surface area contributed by atoms with Crippen molar-refractivity contribution in [1.82, 2.24) is 24.1 Å². The molecule has 4 aromatic rings. The highest BCUT2D eigenvalue weighted by atomic mass is 35.5. The number of halogens is 2. The monoisotopic (exact) mass is 523 g/mol. The predicted molar refractivity (Wildman–Crippen MR) is 140 cm³/mol. The van der Waals surface area contributed by atoms with Crippen molar-refractivity contribution in [2.75, 3.05) is 0 Å². The predicted octanol–water partition coefficient (Wildman–Crippen LogP) is 4.77. The summed E-state index contributed by atoms with van der Waals surface area (Å²) in [6.07, 6.45) is 6.21. The van der Waals surface area contributed by atoms with E-state index >= 15 is 0 Å². The number of hydrogen-bond acceptors (Lipinski definition) is 6. The van der Waals surface area contributed by atoms with E-state index in [1.165, 1.54) is 27.6 Å². The normalized spacial score (nSPS) is 11.6. The van der Waals surface area contributed by atoms with Crippen LogP contribution >= 0.6 is 11.6 Å². The number of hydrogen-bond donors (Lipinski definition) is 0. The first-order valence-electron chi connectivity index (χ1n) is 11.6. The minimum Gasteiger partial charge on any atom is -0.485 e. The maximum Gasteiger partial charge on any atom is 0.278 e. The fourth-order valence-corrected chi connectivity index (χ4v) is 4.08. The van der Waals surface area contributed by atoms with Crippen LogP contribution in [0, 0.1) is 26.6 Å². The highest BCUT2D eigenvalue weighted by Crippen LogP contribution is 2.26. The van der Waals surface area contributed by atoms with Crippen molar-refractivity contribution >= 4 is 11.6 Å². The van der Waals surface area contributed by atoms with Crippen molar-refractivity contribution < 1.29 is 9.13 Å². The molecule has 0 amide bonds. The fraction of sp³-hybridized carbons (Fsp3) is 0.296. The van der Waals surface area contributed by atoms with Gasteiger partial charge in [-0.15, -0.1) is 0 Å². The van der Waals surface area contributed by atoms with Crippen LogP contribution in [0.15, 0.2) is 52.6 Å². The third kappa shape index (κ3) is 5.17. The van der Waals surface area contributed by atoms with Gasteiger partial charge in [0.05, 0.1) is 5.69 Å². The second kappa shape index (κ2) is 9.89. The Morgan fingerprint density at radius 1 is 1.00 bits per heavy atom. The standard InChI is InChI=1S/C27H27ClFN5O3/c1-15-9-18(29)19(31-12-15)14-37-21-10-17(3)34(25(35)23(21)28)20-11-22(32-13-16(20)2)33-8-7-30-24(26(33)36)27(4,5)6/h7-13H,14H2,1-6H3. The molecular weight excluding hydrogens is 497 g/mol. The second-order valence-corrected chi connectivity index (χ2v) is 10.2. The Kier molecular flexibility index (Phi) is 7.01. The van der Waals surface area contributed by atoms with E-state index < -0.39 is 16.8 Å². The van der Waals surface area contributed by atoms with Crippen LogP contribution in [-0.2, 0) is 12.0 Å². The Hall–Kier alpha value is -3.85. The molecule has 0 fully saturated rings. The Balaban J connectivity index is 1.76. The molecule has 0 saturated heterocycles. The maximum absolute atomic E-state index is 14.2. The lowest BCUT2D eigenvalue weighted by Gasteiger charge is -2.19. The van der Waals surface area contributed by atoms with Crippen LogP contribution in [-0.4, -0.2) is 24.1 Å². The van der Waals surface area contributed by atoms with Gasteiger partial charge in [0.25, 0.3) is 11.1 Å². The highest BCUT2D eigenvalue weighted by Gasteiger charge is 2.22. The summed E-state index contributed by atoms with van der Waals surface area (Å²) < 4.78 is 22.7. The molecule has 0 aliphatic heterocycles. The Labute approximate surface area is 218 Å². The second-order valence-electron chi connectivity index (χ2n) is 9.86. The van der Waals surface area contributed by atoms with Crippen molar-refractivity contribution in [3.63, 3.8) is 0 Å². The molecule has 0 aromatic carbocycles. The van der Waals surface area contributed by atoms with Gasteiger partial charge in [0.15, 0.2) is 0 Å². The summed E-state index contributed by atoms with van der Waals surface area (Å²) >= 11 is 6.41. The fourth-order valence-electron chi connectivity index (χ4n) is 3.88. The maximum atomic E-state index is 14.2. The van der Waals surface area contributed by atoms with Crippen molar-refractivity contribution in [3.05, 3.63) is 103 Å². The summed E-state index contributed by atoms with van der Waals surface area (Å²) in [4.78, 5) is 39.2. The van der Waals surface area contributed by atoms with Gasteiger partial charge in [-0.1, -0.05) is 32.4 Å². The zero-order valence-electron chi connectivity index (χ0n) is 21.5. The van der Waals surface area contributed by atoms with Gasteiger partial charge in [-0.05, 0) is 38.0 Å². The quantitative estimate of drug-likeness (QED) is 0.374. The van der Waals surface area contributed by atoms with Crippen LogP contribution in [0.4, 0.5) is 4.39 Å². The first-order valence-corrected chi connectivity index (χ1v) is 12.0. The lowest BCUT2D eigenvalue weighted by molar-refractivity contribution is 0.293. The first kappa shape index (κ1) is 26.2. The molecule has 0 bridgehead atoms. The average Bonchev–Trinajstić information content (AvgIpc) is 2.82. The number of ether oxygens (including phenoxy) is 1. The van der Waals surface area contributed by atoms with Gasteiger partial charge in [0.1, 0.15) is 40.4 Å². The van der Waals surface area contributed by atoms with E-state index in [2.05, 4.69) is 15.0 Å². The molecule has 4 rings (SSSR count). The molecule has 0 aliphatic carbocycles. The molecule has 37 heavy (non-hydrogen) atoms. The van der Waals surface area contributed by atoms with E-state index in [4.69, 9.17) is 16.3 Å². The minimum atomic E-state index is -0.522. The number of aromatic nitrogens is 5. The van der Waals surface area contributed by atoms with E-state index in [1.54, 1.807) is 45.3 Å². The summed E-state index contributed by atoms with van der Waals surface area (Å²) in [5, 5.41) is -0.160. The Bertz CT molecular complexity index is 1620. The van der Waals surface area contributed by atoms with Crippen LogP contribution < -0.4 is 15.9 Å². The zero-order chi connectivity index (χ0) is 27.1. The van der Waals surface area contributed by atoms with Gasteiger partial charge < -0.3 is 4.74 Å². The third-order valence-corrected chi connectivity index (χ3v) is 6.17. The van der Waals surface area contributed by atoms with E-state index in [0.717, 1.165) is 0 Å². The van der Waals surface area contributed by atoms with Crippen molar-refractivity contribution in [1.29, 1.82) is 0 Å². The van der Waals surface area contributed by atoms with Gasteiger partial charge in [0.2, 0.25) is 0 Å². The van der Waals surface area contributed by atoms with Crippen LogP contribution in [0.2, 0.25) is 5.02 Å². The molecular formula is C27H27ClFN5O3. The minimum absolute atomic E-state index is 0.107. The number of aryl methyl sites for hydroxylation is 3. The molecule has 4 heterocycles. The van der Waals surface area contributed by atoms with E-state index in [9.17, 15) is 14.0 Å². The summed E-state index contributed by atoms with van der Waals surface area (Å²) in [5.74, 6) is -0.0430. The van der Waals surface area contributed by atoms with E-state index in [0.29, 0.717) is 34.0 Å². The van der Waals surface area contributed by atoms with Gasteiger partial charge in [0, 0.05) is 48.0 Å². The largest absolute Gasteiger partial charge is 0.485 e. The lowest BCUT2D eigenvalue weighted by atomic mass is 9.92. The smallest absolute Gasteiger partial charge is 0.278 e. The third-order valence-electron chi connectivity index (χ3n) is 5.82. The molecule has 10 heteroatoms. The molecule has 0 unspecified atom stereocenters. The molecule has 192 valence electrons. The molecule has 0 radical (unpaired) electrons. The van der Waals surface area contributed by atoms with Gasteiger partial charge in [-0.2, -0.15) is 0 Å². The molecule has 0 spiro atoms. The van der Waals surface area contributed by atoms with Crippen molar-refractivity contribution in [2.45, 2.75) is 53.6 Å². The molecule has 0 atom stereocenters. The Morgan fingerprint density at radius 3 is 2.41 bits per heavy atom. The summed E-state index contributed by atoms with van der Waals surface area (Å²) in [6.45, 7) is 10.8. The first-order chi connectivity index (χ1) is 17.4. The van der Waals surface area contributed by atoms with Crippen LogP contribution in [0.1, 0.15) is 49.0 Å². The molecule has 0 saturated carbocycles. The SMILES string of the molecule is Cc1cnc(COc2cc(C)n(-c3cc(-n4ccnc(C(C)(C)C)c4=O)ncc3C)c(=O)c2Cl)c(F)c1. The highest BCUT2D eigenvalue weighted by molar-refractivity contribution is 6.31. The van der Waals surface area contributed by atoms with E-state index in [1.807, 2.05) is 20.8 Å².